The van der Waals surface area contributed by atoms with Crippen LogP contribution in [0.4, 0.5) is 0 Å². The zero-order chi connectivity index (χ0) is 21.6. The van der Waals surface area contributed by atoms with Gasteiger partial charge in [-0.2, -0.15) is 0 Å². The zero-order valence-electron chi connectivity index (χ0n) is 17.9. The van der Waals surface area contributed by atoms with Crippen LogP contribution in [-0.4, -0.2) is 25.3 Å². The minimum Gasteiger partial charge on any atom is -0.508 e. The van der Waals surface area contributed by atoms with Crippen LogP contribution in [0.1, 0.15) is 30.0 Å². The second kappa shape index (κ2) is 9.54. The standard InChI is InChI=1S/C27H27NO3/c1-3-25(21-8-13-26-22(18-21)14-16-31-26)27(19-4-9-23(29)10-5-19)20-6-11-24(12-7-20)30-17-15-28-2/h4-14,16,18,28-29H,3,15,17H2,1-2H3/b27-25-. The van der Waals surface area contributed by atoms with Gasteiger partial charge in [-0.25, -0.2) is 0 Å². The van der Waals surface area contributed by atoms with Gasteiger partial charge in [-0.1, -0.05) is 37.3 Å². The van der Waals surface area contributed by atoms with Gasteiger partial charge in [-0.05, 0) is 83.8 Å². The smallest absolute Gasteiger partial charge is 0.133 e. The van der Waals surface area contributed by atoms with Crippen LogP contribution in [0.3, 0.4) is 0 Å². The summed E-state index contributed by atoms with van der Waals surface area (Å²) in [5.41, 5.74) is 6.59. The topological polar surface area (TPSA) is 54.6 Å². The number of aromatic hydroxyl groups is 1. The minimum absolute atomic E-state index is 0.259. The molecule has 0 aliphatic rings. The van der Waals surface area contributed by atoms with Crippen molar-refractivity contribution in [2.75, 3.05) is 20.2 Å². The highest BCUT2D eigenvalue weighted by molar-refractivity contribution is 6.00. The molecule has 4 heteroatoms. The predicted molar refractivity (Wildman–Crippen MR) is 126 cm³/mol. The highest BCUT2D eigenvalue weighted by Gasteiger charge is 2.14. The largest absolute Gasteiger partial charge is 0.508 e. The summed E-state index contributed by atoms with van der Waals surface area (Å²) < 4.78 is 11.3. The molecule has 158 valence electrons. The Morgan fingerprint density at radius 2 is 1.58 bits per heavy atom. The first-order valence-corrected chi connectivity index (χ1v) is 10.6. The molecule has 0 saturated carbocycles. The summed E-state index contributed by atoms with van der Waals surface area (Å²) in [5.74, 6) is 1.11. The van der Waals surface area contributed by atoms with Gasteiger partial charge in [0, 0.05) is 11.9 Å². The van der Waals surface area contributed by atoms with E-state index in [-0.39, 0.29) is 5.75 Å². The number of benzene rings is 3. The Bertz CT molecular complexity index is 1170. The third-order valence-electron chi connectivity index (χ3n) is 5.38. The van der Waals surface area contributed by atoms with Crippen molar-refractivity contribution < 1.29 is 14.3 Å². The van der Waals surface area contributed by atoms with E-state index in [1.54, 1.807) is 18.4 Å². The van der Waals surface area contributed by atoms with Gasteiger partial charge >= 0.3 is 0 Å². The number of hydrogen-bond donors (Lipinski definition) is 2. The number of hydrogen-bond acceptors (Lipinski definition) is 4. The molecule has 0 unspecified atom stereocenters. The van der Waals surface area contributed by atoms with Gasteiger partial charge in [0.1, 0.15) is 23.7 Å². The number of furan rings is 1. The number of fused-ring (bicyclic) bond motifs is 1. The maximum atomic E-state index is 9.81. The Kier molecular flexibility index (Phi) is 6.39. The lowest BCUT2D eigenvalue weighted by atomic mass is 9.88. The number of likely N-dealkylation sites (N-methyl/N-ethyl adjacent to an activating group) is 1. The lowest BCUT2D eigenvalue weighted by Crippen LogP contribution is -2.15. The van der Waals surface area contributed by atoms with Crippen molar-refractivity contribution in [1.82, 2.24) is 5.32 Å². The molecular formula is C27H27NO3. The molecule has 3 aromatic carbocycles. The van der Waals surface area contributed by atoms with Crippen molar-refractivity contribution in [2.24, 2.45) is 0 Å². The van der Waals surface area contributed by atoms with Crippen LogP contribution in [0.5, 0.6) is 11.5 Å². The molecule has 4 rings (SSSR count). The minimum atomic E-state index is 0.259. The number of phenolic OH excluding ortho intramolecular Hbond substituents is 1. The van der Waals surface area contributed by atoms with Crippen molar-refractivity contribution >= 4 is 22.1 Å². The second-order valence-electron chi connectivity index (χ2n) is 7.40. The van der Waals surface area contributed by atoms with Gasteiger partial charge < -0.3 is 19.6 Å². The lowest BCUT2D eigenvalue weighted by Gasteiger charge is -2.17. The van der Waals surface area contributed by atoms with Gasteiger partial charge in [-0.3, -0.25) is 0 Å². The van der Waals surface area contributed by atoms with Crippen molar-refractivity contribution in [1.29, 1.82) is 0 Å². The van der Waals surface area contributed by atoms with Crippen LogP contribution in [0, 0.1) is 0 Å². The number of allylic oxidation sites excluding steroid dienone is 1. The number of ether oxygens (including phenoxy) is 1. The molecule has 4 aromatic rings. The summed E-state index contributed by atoms with van der Waals surface area (Å²) >= 11 is 0. The molecule has 0 saturated heterocycles. The van der Waals surface area contributed by atoms with E-state index in [0.717, 1.165) is 51.9 Å². The predicted octanol–water partition coefficient (Wildman–Crippen LogP) is 6.11. The molecule has 0 fully saturated rings. The van der Waals surface area contributed by atoms with Crippen molar-refractivity contribution in [2.45, 2.75) is 13.3 Å². The maximum absolute atomic E-state index is 9.81. The van der Waals surface area contributed by atoms with Crippen LogP contribution < -0.4 is 10.1 Å². The molecule has 31 heavy (non-hydrogen) atoms. The summed E-state index contributed by atoms with van der Waals surface area (Å²) in [6.45, 7) is 3.60. The molecule has 0 aliphatic carbocycles. The van der Waals surface area contributed by atoms with Crippen LogP contribution in [0.25, 0.3) is 22.1 Å². The van der Waals surface area contributed by atoms with E-state index in [9.17, 15) is 5.11 Å². The molecule has 2 N–H and O–H groups in total. The van der Waals surface area contributed by atoms with E-state index in [1.165, 1.54) is 5.57 Å². The van der Waals surface area contributed by atoms with Gasteiger partial charge in [0.25, 0.3) is 0 Å². The van der Waals surface area contributed by atoms with E-state index in [0.29, 0.717) is 6.61 Å². The Hall–Kier alpha value is -3.50. The molecule has 0 bridgehead atoms. The quantitative estimate of drug-likeness (QED) is 0.270. The average molecular weight is 414 g/mol. The highest BCUT2D eigenvalue weighted by Crippen LogP contribution is 2.36. The van der Waals surface area contributed by atoms with E-state index >= 15 is 0 Å². The highest BCUT2D eigenvalue weighted by atomic mass is 16.5. The fourth-order valence-electron chi connectivity index (χ4n) is 3.81. The van der Waals surface area contributed by atoms with Crippen molar-refractivity contribution in [3.8, 4) is 11.5 Å². The van der Waals surface area contributed by atoms with Gasteiger partial charge in [0.2, 0.25) is 0 Å². The van der Waals surface area contributed by atoms with Gasteiger partial charge in [0.15, 0.2) is 0 Å². The summed E-state index contributed by atoms with van der Waals surface area (Å²) in [7, 11) is 1.91. The Morgan fingerprint density at radius 3 is 2.26 bits per heavy atom. The number of phenols is 1. The van der Waals surface area contributed by atoms with E-state index in [1.807, 2.05) is 43.4 Å². The SMILES string of the molecule is CC/C(=C(\c1ccc(O)cc1)c1ccc(OCCNC)cc1)c1ccc2occc2c1. The van der Waals surface area contributed by atoms with E-state index in [2.05, 4.69) is 36.5 Å². The summed E-state index contributed by atoms with van der Waals surface area (Å²) in [5, 5.41) is 14.0. The zero-order valence-corrected chi connectivity index (χ0v) is 17.9. The lowest BCUT2D eigenvalue weighted by molar-refractivity contribution is 0.318. The molecule has 1 heterocycles. The number of nitrogens with one attached hydrogen (secondary N) is 1. The Labute approximate surface area is 182 Å². The molecular weight excluding hydrogens is 386 g/mol. The normalized spacial score (nSPS) is 12.1. The second-order valence-corrected chi connectivity index (χ2v) is 7.40. The maximum Gasteiger partial charge on any atom is 0.133 e. The van der Waals surface area contributed by atoms with Crippen LogP contribution >= 0.6 is 0 Å². The Morgan fingerprint density at radius 1 is 0.903 bits per heavy atom. The third kappa shape index (κ3) is 4.65. The monoisotopic (exact) mass is 413 g/mol. The summed E-state index contributed by atoms with van der Waals surface area (Å²) in [6.07, 6.45) is 2.58. The Balaban J connectivity index is 1.82. The van der Waals surface area contributed by atoms with Crippen molar-refractivity contribution in [3.05, 3.63) is 95.7 Å². The molecule has 4 nitrogen and oxygen atoms in total. The fraction of sp³-hybridized carbons (Fsp3) is 0.185. The summed E-state index contributed by atoms with van der Waals surface area (Å²) in [4.78, 5) is 0. The van der Waals surface area contributed by atoms with Gasteiger partial charge in [0.05, 0.1) is 6.26 Å². The van der Waals surface area contributed by atoms with Crippen molar-refractivity contribution in [3.63, 3.8) is 0 Å². The first-order valence-electron chi connectivity index (χ1n) is 10.6. The summed E-state index contributed by atoms with van der Waals surface area (Å²) in [6, 6.07) is 23.9. The average Bonchev–Trinajstić information content (AvgIpc) is 3.27. The molecule has 1 aromatic heterocycles. The third-order valence-corrected chi connectivity index (χ3v) is 5.38. The molecule has 0 radical (unpaired) electrons. The molecule has 0 aliphatic heterocycles. The fourth-order valence-corrected chi connectivity index (χ4v) is 3.81. The van der Waals surface area contributed by atoms with Gasteiger partial charge in [-0.15, -0.1) is 0 Å². The molecule has 0 amide bonds. The van der Waals surface area contributed by atoms with Crippen LogP contribution in [-0.2, 0) is 0 Å². The number of rotatable bonds is 8. The first-order chi connectivity index (χ1) is 15.2. The first kappa shape index (κ1) is 20.8. The molecule has 0 spiro atoms. The van der Waals surface area contributed by atoms with Crippen LogP contribution in [0.15, 0.2) is 83.5 Å². The van der Waals surface area contributed by atoms with E-state index in [4.69, 9.17) is 9.15 Å². The van der Waals surface area contributed by atoms with E-state index < -0.39 is 0 Å². The molecule has 0 atom stereocenters. The van der Waals surface area contributed by atoms with Crippen LogP contribution in [0.2, 0.25) is 0 Å².